The summed E-state index contributed by atoms with van der Waals surface area (Å²) >= 11 is 5.40. The normalized spacial score (nSPS) is 16.4. The van der Waals surface area contributed by atoms with Gasteiger partial charge in [-0.05, 0) is 42.4 Å². The van der Waals surface area contributed by atoms with Crippen molar-refractivity contribution in [1.82, 2.24) is 10.6 Å². The number of benzene rings is 2. The molecule has 1 aliphatic heterocycles. The van der Waals surface area contributed by atoms with E-state index in [0.29, 0.717) is 28.8 Å². The van der Waals surface area contributed by atoms with Crippen LogP contribution in [0.25, 0.3) is 0 Å². The molecule has 1 heterocycles. The molecule has 1 aliphatic rings. The van der Waals surface area contributed by atoms with Crippen LogP contribution in [-0.4, -0.2) is 12.2 Å². The van der Waals surface area contributed by atoms with E-state index < -0.39 is 0 Å². The van der Waals surface area contributed by atoms with Crippen molar-refractivity contribution in [2.75, 3.05) is 7.11 Å². The molecule has 1 atom stereocenters. The third kappa shape index (κ3) is 4.74. The molecule has 156 valence electrons. The van der Waals surface area contributed by atoms with Gasteiger partial charge in [0, 0.05) is 11.1 Å². The van der Waals surface area contributed by atoms with Gasteiger partial charge in [0.25, 0.3) is 0 Å². The Kier molecular flexibility index (Phi) is 6.33. The maximum atomic E-state index is 9.87. The molecule has 0 unspecified atom stereocenters. The van der Waals surface area contributed by atoms with Crippen LogP contribution >= 0.6 is 12.2 Å². The Bertz CT molecular complexity index is 1010. The van der Waals surface area contributed by atoms with E-state index >= 15 is 0 Å². The Hall–Kier alpha value is -3.04. The first-order valence-corrected chi connectivity index (χ1v) is 10.2. The highest BCUT2D eigenvalue weighted by molar-refractivity contribution is 7.80. The lowest BCUT2D eigenvalue weighted by Gasteiger charge is -2.35. The SMILES string of the molecule is COc1cc([C@@H]2NC(=S)NC(C(C)(C)C)=C2C#N)ccc1OCc1ccc(C)cc1. The van der Waals surface area contributed by atoms with Crippen molar-refractivity contribution < 1.29 is 9.47 Å². The van der Waals surface area contributed by atoms with Crippen molar-refractivity contribution in [3.63, 3.8) is 0 Å². The Morgan fingerprint density at radius 2 is 1.80 bits per heavy atom. The van der Waals surface area contributed by atoms with E-state index in [4.69, 9.17) is 21.7 Å². The van der Waals surface area contributed by atoms with Gasteiger partial charge in [-0.1, -0.05) is 56.7 Å². The van der Waals surface area contributed by atoms with Crippen LogP contribution < -0.4 is 20.1 Å². The van der Waals surface area contributed by atoms with Crippen LogP contribution in [0.4, 0.5) is 0 Å². The number of aryl methyl sites for hydroxylation is 1. The molecule has 2 aromatic carbocycles. The summed E-state index contributed by atoms with van der Waals surface area (Å²) in [6, 6.07) is 15.9. The second-order valence-corrected chi connectivity index (χ2v) is 8.77. The standard InChI is InChI=1S/C24H27N3O2S/c1-15-6-8-16(9-7-15)14-29-19-11-10-17(12-20(19)28-5)21-18(13-25)22(24(2,3)4)27-23(30)26-21/h6-12,21H,14H2,1-5H3,(H2,26,27,30)/t21-/m0/s1. The number of ether oxygens (including phenoxy) is 2. The number of hydrogen-bond donors (Lipinski definition) is 2. The Balaban J connectivity index is 1.90. The zero-order chi connectivity index (χ0) is 21.9. The lowest BCUT2D eigenvalue weighted by atomic mass is 9.84. The van der Waals surface area contributed by atoms with Crippen molar-refractivity contribution in [2.45, 2.75) is 40.3 Å². The fraction of sp³-hybridized carbons (Fsp3) is 0.333. The number of methoxy groups -OCH3 is 1. The molecule has 0 aliphatic carbocycles. The molecular weight excluding hydrogens is 394 g/mol. The number of nitrogens with zero attached hydrogens (tertiary/aromatic N) is 1. The van der Waals surface area contributed by atoms with Gasteiger partial charge in [-0.15, -0.1) is 0 Å². The Morgan fingerprint density at radius 3 is 2.40 bits per heavy atom. The number of thiocarbonyl (C=S) groups is 1. The molecule has 0 bridgehead atoms. The van der Waals surface area contributed by atoms with Crippen LogP contribution in [0, 0.1) is 23.7 Å². The molecule has 0 spiro atoms. The lowest BCUT2D eigenvalue weighted by molar-refractivity contribution is 0.284. The first-order valence-electron chi connectivity index (χ1n) is 9.81. The Labute approximate surface area is 183 Å². The minimum Gasteiger partial charge on any atom is -0.493 e. The zero-order valence-electron chi connectivity index (χ0n) is 18.0. The van der Waals surface area contributed by atoms with Crippen molar-refractivity contribution in [3.8, 4) is 17.6 Å². The van der Waals surface area contributed by atoms with Gasteiger partial charge in [0.1, 0.15) is 6.61 Å². The predicted octanol–water partition coefficient (Wildman–Crippen LogP) is 4.93. The maximum Gasteiger partial charge on any atom is 0.171 e. The van der Waals surface area contributed by atoms with Crippen LogP contribution in [-0.2, 0) is 6.61 Å². The Morgan fingerprint density at radius 1 is 1.10 bits per heavy atom. The number of hydrogen-bond acceptors (Lipinski definition) is 4. The number of allylic oxidation sites excluding steroid dienone is 1. The van der Waals surface area contributed by atoms with Crippen LogP contribution in [0.15, 0.2) is 53.7 Å². The molecule has 2 N–H and O–H groups in total. The second-order valence-electron chi connectivity index (χ2n) is 8.37. The van der Waals surface area contributed by atoms with E-state index in [1.54, 1.807) is 7.11 Å². The molecule has 0 aromatic heterocycles. The smallest absolute Gasteiger partial charge is 0.171 e. The van der Waals surface area contributed by atoms with Crippen molar-refractivity contribution >= 4 is 17.3 Å². The van der Waals surface area contributed by atoms with Gasteiger partial charge < -0.3 is 20.1 Å². The highest BCUT2D eigenvalue weighted by Crippen LogP contribution is 2.37. The first kappa shape index (κ1) is 21.7. The van der Waals surface area contributed by atoms with Gasteiger partial charge >= 0.3 is 0 Å². The second kappa shape index (κ2) is 8.76. The fourth-order valence-electron chi connectivity index (χ4n) is 3.35. The molecule has 0 radical (unpaired) electrons. The minimum atomic E-state index is -0.349. The van der Waals surface area contributed by atoms with Gasteiger partial charge in [-0.2, -0.15) is 5.26 Å². The van der Waals surface area contributed by atoms with Crippen molar-refractivity contribution in [2.24, 2.45) is 5.41 Å². The molecule has 0 fully saturated rings. The fourth-order valence-corrected chi connectivity index (χ4v) is 3.57. The van der Waals surface area contributed by atoms with Gasteiger partial charge in [-0.25, -0.2) is 0 Å². The van der Waals surface area contributed by atoms with Crippen LogP contribution in [0.3, 0.4) is 0 Å². The van der Waals surface area contributed by atoms with Gasteiger partial charge in [0.15, 0.2) is 16.6 Å². The topological polar surface area (TPSA) is 66.3 Å². The van der Waals surface area contributed by atoms with Crippen LogP contribution in [0.2, 0.25) is 0 Å². The van der Waals surface area contributed by atoms with Crippen LogP contribution in [0.5, 0.6) is 11.5 Å². The molecule has 0 saturated heterocycles. The monoisotopic (exact) mass is 421 g/mol. The largest absolute Gasteiger partial charge is 0.493 e. The van der Waals surface area contributed by atoms with Gasteiger partial charge in [-0.3, -0.25) is 0 Å². The summed E-state index contributed by atoms with van der Waals surface area (Å²) in [6.45, 7) is 8.67. The zero-order valence-corrected chi connectivity index (χ0v) is 18.8. The molecule has 3 rings (SSSR count). The summed E-state index contributed by atoms with van der Waals surface area (Å²) < 4.78 is 11.6. The van der Waals surface area contributed by atoms with Crippen molar-refractivity contribution in [1.29, 1.82) is 5.26 Å². The van der Waals surface area contributed by atoms with E-state index in [-0.39, 0.29) is 11.5 Å². The van der Waals surface area contributed by atoms with E-state index in [2.05, 4.69) is 56.5 Å². The third-order valence-electron chi connectivity index (χ3n) is 4.98. The van der Waals surface area contributed by atoms with E-state index in [0.717, 1.165) is 16.8 Å². The summed E-state index contributed by atoms with van der Waals surface area (Å²) in [7, 11) is 1.61. The first-order chi connectivity index (χ1) is 14.2. The van der Waals surface area contributed by atoms with Crippen molar-refractivity contribution in [3.05, 3.63) is 70.4 Å². The number of nitriles is 1. The number of nitrogens with one attached hydrogen (secondary N) is 2. The van der Waals surface area contributed by atoms with Gasteiger partial charge in [0.2, 0.25) is 0 Å². The van der Waals surface area contributed by atoms with E-state index in [1.807, 2.05) is 30.3 Å². The predicted molar refractivity (Wildman–Crippen MR) is 122 cm³/mol. The summed E-state index contributed by atoms with van der Waals surface area (Å²) in [6.07, 6.45) is 0. The van der Waals surface area contributed by atoms with E-state index in [1.165, 1.54) is 5.56 Å². The molecule has 5 nitrogen and oxygen atoms in total. The quantitative estimate of drug-likeness (QED) is 0.668. The third-order valence-corrected chi connectivity index (χ3v) is 5.20. The lowest BCUT2D eigenvalue weighted by Crippen LogP contribution is -2.46. The number of rotatable bonds is 5. The summed E-state index contributed by atoms with van der Waals surface area (Å²) in [5.41, 5.74) is 4.39. The van der Waals surface area contributed by atoms with E-state index in [9.17, 15) is 5.26 Å². The average molecular weight is 422 g/mol. The van der Waals surface area contributed by atoms with Gasteiger partial charge in [0.05, 0.1) is 24.8 Å². The highest BCUT2D eigenvalue weighted by Gasteiger charge is 2.32. The molecular formula is C24H27N3O2S. The highest BCUT2D eigenvalue weighted by atomic mass is 32.1. The minimum absolute atomic E-state index is 0.239. The maximum absolute atomic E-state index is 9.87. The molecule has 0 saturated carbocycles. The molecule has 6 heteroatoms. The summed E-state index contributed by atoms with van der Waals surface area (Å²) in [4.78, 5) is 0. The summed E-state index contributed by atoms with van der Waals surface area (Å²) in [5, 5.41) is 16.7. The molecule has 0 amide bonds. The van der Waals surface area contributed by atoms with Crippen LogP contribution in [0.1, 0.15) is 43.5 Å². The molecule has 30 heavy (non-hydrogen) atoms. The summed E-state index contributed by atoms with van der Waals surface area (Å²) in [5.74, 6) is 1.26. The average Bonchev–Trinajstić information content (AvgIpc) is 2.72. The molecule has 2 aromatic rings.